The molecule has 0 aliphatic carbocycles. The Morgan fingerprint density at radius 1 is 1.28 bits per heavy atom. The van der Waals surface area contributed by atoms with E-state index in [2.05, 4.69) is 20.9 Å². The van der Waals surface area contributed by atoms with Crippen molar-refractivity contribution >= 4 is 62.4 Å². The number of rotatable bonds is 3. The minimum absolute atomic E-state index is 0.113. The van der Waals surface area contributed by atoms with Crippen molar-refractivity contribution in [1.82, 2.24) is 4.57 Å². The van der Waals surface area contributed by atoms with Gasteiger partial charge in [-0.3, -0.25) is 14.4 Å². The van der Waals surface area contributed by atoms with E-state index >= 15 is 0 Å². The van der Waals surface area contributed by atoms with Gasteiger partial charge >= 0.3 is 4.87 Å². The topological polar surface area (TPSA) is 73.0 Å². The Balaban J connectivity index is 1.51. The molecule has 0 radical (unpaired) electrons. The molecule has 2 aliphatic heterocycles. The molecule has 1 N–H and O–H groups in total. The number of ether oxygens (including phenoxy) is 2. The van der Waals surface area contributed by atoms with E-state index < -0.39 is 0 Å². The fraction of sp³-hybridized carbons (Fsp3) is 0.100. The summed E-state index contributed by atoms with van der Waals surface area (Å²) in [6, 6.07) is 9.16. The van der Waals surface area contributed by atoms with Gasteiger partial charge in [-0.2, -0.15) is 0 Å². The molecule has 0 saturated carbocycles. The van der Waals surface area contributed by atoms with Crippen LogP contribution in [0.2, 0.25) is 5.02 Å². The summed E-state index contributed by atoms with van der Waals surface area (Å²) in [6.45, 7) is 0.256. The van der Waals surface area contributed by atoms with Crippen molar-refractivity contribution in [2.75, 3.05) is 6.79 Å². The molecule has 6 nitrogen and oxygen atoms in total. The molecule has 1 aromatic heterocycles. The van der Waals surface area contributed by atoms with E-state index in [1.807, 2.05) is 18.2 Å². The third kappa shape index (κ3) is 3.27. The largest absolute Gasteiger partial charge is 0.493 e. The number of nitrogens with zero attached hydrogens (tertiary/aromatic N) is 2. The number of fused-ring (bicyclic) bond motifs is 2. The predicted octanol–water partition coefficient (Wildman–Crippen LogP) is 5.06. The van der Waals surface area contributed by atoms with Crippen LogP contribution in [0.4, 0.5) is 5.69 Å². The number of aromatic hydroxyl groups is 1. The molecule has 29 heavy (non-hydrogen) atoms. The Hall–Kier alpha value is -2.55. The quantitative estimate of drug-likeness (QED) is 0.555. The Bertz CT molecular complexity index is 1280. The molecular weight excluding hydrogens is 480 g/mol. The summed E-state index contributed by atoms with van der Waals surface area (Å²) < 4.78 is 12.9. The molecule has 0 unspecified atom stereocenters. The lowest BCUT2D eigenvalue weighted by Gasteiger charge is -2.08. The van der Waals surface area contributed by atoms with Crippen LogP contribution in [-0.2, 0) is 6.54 Å². The standard InChI is InChI=1S/C20H12BrClN2O4S/c21-12-1-2-15-13(5-12)10(7-23-15)4-18-19(25)24(20(26)29-18)8-11-3-16-17(6-14(11)22)28-9-27-16/h1-7,25H,8-9H2/b10-4+. The van der Waals surface area contributed by atoms with Crippen LogP contribution in [0.15, 0.2) is 44.6 Å². The van der Waals surface area contributed by atoms with Crippen LogP contribution in [0.5, 0.6) is 17.4 Å². The lowest BCUT2D eigenvalue weighted by molar-refractivity contribution is 0.174. The molecule has 2 aliphatic rings. The van der Waals surface area contributed by atoms with E-state index in [1.54, 1.807) is 24.4 Å². The van der Waals surface area contributed by atoms with Gasteiger partial charge in [-0.05, 0) is 35.9 Å². The number of halogens is 2. The van der Waals surface area contributed by atoms with Gasteiger partial charge in [0.05, 0.1) is 17.1 Å². The Morgan fingerprint density at radius 3 is 2.90 bits per heavy atom. The van der Waals surface area contributed by atoms with Gasteiger partial charge in [0, 0.05) is 32.9 Å². The minimum Gasteiger partial charge on any atom is -0.493 e. The first-order valence-corrected chi connectivity index (χ1v) is 10.5. The average molecular weight is 492 g/mol. The van der Waals surface area contributed by atoms with E-state index in [0.717, 1.165) is 32.6 Å². The molecule has 0 amide bonds. The molecule has 0 spiro atoms. The second kappa shape index (κ2) is 7.05. The van der Waals surface area contributed by atoms with Crippen molar-refractivity contribution in [3.8, 4) is 17.4 Å². The summed E-state index contributed by atoms with van der Waals surface area (Å²) in [7, 11) is 0. The third-order valence-corrected chi connectivity index (χ3v) is 6.42. The van der Waals surface area contributed by atoms with Gasteiger partial charge < -0.3 is 14.6 Å². The Kier molecular flexibility index (Phi) is 4.49. The van der Waals surface area contributed by atoms with Gasteiger partial charge in [0.25, 0.3) is 0 Å². The van der Waals surface area contributed by atoms with Gasteiger partial charge in [-0.1, -0.05) is 38.9 Å². The monoisotopic (exact) mass is 490 g/mol. The summed E-state index contributed by atoms with van der Waals surface area (Å²) in [6.07, 6.45) is 3.49. The highest BCUT2D eigenvalue weighted by molar-refractivity contribution is 9.10. The van der Waals surface area contributed by atoms with E-state index in [-0.39, 0.29) is 24.1 Å². The summed E-state index contributed by atoms with van der Waals surface area (Å²) in [5.74, 6) is 1.02. The van der Waals surface area contributed by atoms with E-state index in [9.17, 15) is 9.90 Å². The van der Waals surface area contributed by atoms with E-state index in [4.69, 9.17) is 21.1 Å². The molecule has 0 saturated heterocycles. The summed E-state index contributed by atoms with van der Waals surface area (Å²) >= 11 is 10.7. The SMILES string of the molecule is O=c1sc(/C=C2\C=Nc3ccc(Br)cc32)c(O)n1Cc1cc2c(cc1Cl)OCO2. The second-order valence-electron chi connectivity index (χ2n) is 6.46. The summed E-state index contributed by atoms with van der Waals surface area (Å²) in [4.78, 5) is 17.1. The third-order valence-electron chi connectivity index (χ3n) is 4.66. The molecule has 2 aromatic carbocycles. The maximum absolute atomic E-state index is 12.5. The van der Waals surface area contributed by atoms with Crippen molar-refractivity contribution in [1.29, 1.82) is 0 Å². The molecule has 0 bridgehead atoms. The number of thiazole rings is 1. The van der Waals surface area contributed by atoms with Crippen LogP contribution in [-0.4, -0.2) is 22.7 Å². The van der Waals surface area contributed by atoms with Crippen molar-refractivity contribution in [2.24, 2.45) is 4.99 Å². The predicted molar refractivity (Wildman–Crippen MR) is 117 cm³/mol. The van der Waals surface area contributed by atoms with Crippen molar-refractivity contribution < 1.29 is 14.6 Å². The number of hydrogen-bond donors (Lipinski definition) is 1. The maximum atomic E-state index is 12.5. The number of aliphatic imine (C=N–C) groups is 1. The molecule has 9 heteroatoms. The van der Waals surface area contributed by atoms with Crippen LogP contribution in [0.25, 0.3) is 11.6 Å². The number of aromatic nitrogens is 1. The molecule has 0 atom stereocenters. The first-order valence-electron chi connectivity index (χ1n) is 8.56. The van der Waals surface area contributed by atoms with Gasteiger partial charge in [0.2, 0.25) is 12.7 Å². The molecular formula is C20H12BrClN2O4S. The smallest absolute Gasteiger partial charge is 0.310 e. The van der Waals surface area contributed by atoms with Gasteiger partial charge in [0.15, 0.2) is 11.5 Å². The Morgan fingerprint density at radius 2 is 2.07 bits per heavy atom. The average Bonchev–Trinajstić information content (AvgIpc) is 3.37. The minimum atomic E-state index is -0.285. The summed E-state index contributed by atoms with van der Waals surface area (Å²) in [5.41, 5.74) is 3.26. The highest BCUT2D eigenvalue weighted by atomic mass is 79.9. The van der Waals surface area contributed by atoms with E-state index in [0.29, 0.717) is 27.0 Å². The zero-order valence-corrected chi connectivity index (χ0v) is 17.8. The van der Waals surface area contributed by atoms with Crippen LogP contribution in [0.1, 0.15) is 16.0 Å². The zero-order valence-electron chi connectivity index (χ0n) is 14.7. The number of allylic oxidation sites excluding steroid dienone is 1. The lowest BCUT2D eigenvalue weighted by atomic mass is 10.1. The number of hydrogen-bond acceptors (Lipinski definition) is 6. The molecule has 5 rings (SSSR count). The molecule has 3 heterocycles. The zero-order chi connectivity index (χ0) is 20.1. The van der Waals surface area contributed by atoms with Crippen LogP contribution in [0.3, 0.4) is 0 Å². The lowest BCUT2D eigenvalue weighted by Crippen LogP contribution is -2.13. The van der Waals surface area contributed by atoms with Crippen LogP contribution < -0.4 is 14.3 Å². The fourth-order valence-electron chi connectivity index (χ4n) is 3.22. The van der Waals surface area contributed by atoms with Crippen LogP contribution >= 0.6 is 38.9 Å². The van der Waals surface area contributed by atoms with Crippen molar-refractivity contribution in [3.05, 3.63) is 65.5 Å². The van der Waals surface area contributed by atoms with Gasteiger partial charge in [0.1, 0.15) is 0 Å². The van der Waals surface area contributed by atoms with Gasteiger partial charge in [-0.15, -0.1) is 0 Å². The first kappa shape index (κ1) is 18.5. The highest BCUT2D eigenvalue weighted by Crippen LogP contribution is 2.38. The number of benzene rings is 2. The molecule has 3 aromatic rings. The second-order valence-corrected chi connectivity index (χ2v) is 8.77. The Labute approximate surface area is 182 Å². The van der Waals surface area contributed by atoms with E-state index in [1.165, 1.54) is 4.57 Å². The highest BCUT2D eigenvalue weighted by Gasteiger charge is 2.20. The molecule has 0 fully saturated rings. The fourth-order valence-corrected chi connectivity index (χ4v) is 4.63. The molecule has 146 valence electrons. The van der Waals surface area contributed by atoms with Crippen LogP contribution in [0, 0.1) is 0 Å². The van der Waals surface area contributed by atoms with Crippen molar-refractivity contribution in [3.63, 3.8) is 0 Å². The maximum Gasteiger partial charge on any atom is 0.310 e. The first-order chi connectivity index (χ1) is 14.0. The normalized spacial score (nSPS) is 15.3. The van der Waals surface area contributed by atoms with Gasteiger partial charge in [-0.25, -0.2) is 0 Å². The van der Waals surface area contributed by atoms with Crippen molar-refractivity contribution in [2.45, 2.75) is 6.54 Å². The summed E-state index contributed by atoms with van der Waals surface area (Å²) in [5, 5.41) is 11.1.